The van der Waals surface area contributed by atoms with Crippen LogP contribution < -0.4 is 9.47 Å². The normalized spacial score (nSPS) is 14.7. The van der Waals surface area contributed by atoms with Crippen molar-refractivity contribution in [1.29, 1.82) is 0 Å². The van der Waals surface area contributed by atoms with Gasteiger partial charge >= 0.3 is 0 Å². The van der Waals surface area contributed by atoms with Gasteiger partial charge in [0.05, 0.1) is 5.75 Å². The molecule has 110 valence electrons. The quantitative estimate of drug-likeness (QED) is 0.870. The van der Waals surface area contributed by atoms with E-state index in [1.54, 1.807) is 0 Å². The minimum absolute atomic E-state index is 0.487. The molecule has 0 bridgehead atoms. The maximum absolute atomic E-state index is 12.4. The molecule has 0 fully saturated rings. The molecule has 0 saturated carbocycles. The molecule has 2 aromatic carbocycles. The highest BCUT2D eigenvalue weighted by Gasteiger charge is 2.17. The van der Waals surface area contributed by atoms with Crippen molar-refractivity contribution < 1.29 is 13.7 Å². The Morgan fingerprint density at radius 3 is 2.57 bits per heavy atom. The number of fused-ring (bicyclic) bond motifs is 1. The lowest BCUT2D eigenvalue weighted by Crippen LogP contribution is -2.17. The van der Waals surface area contributed by atoms with E-state index in [0.29, 0.717) is 24.7 Å². The van der Waals surface area contributed by atoms with Crippen LogP contribution in [0.4, 0.5) is 0 Å². The van der Waals surface area contributed by atoms with Crippen molar-refractivity contribution in [2.45, 2.75) is 18.4 Å². The summed E-state index contributed by atoms with van der Waals surface area (Å²) >= 11 is 0. The Hall–Kier alpha value is -1.81. The zero-order chi connectivity index (χ0) is 14.7. The summed E-state index contributed by atoms with van der Waals surface area (Å²) in [7, 11) is -0.962. The molecule has 1 heterocycles. The van der Waals surface area contributed by atoms with Crippen molar-refractivity contribution in [2.24, 2.45) is 0 Å². The van der Waals surface area contributed by atoms with Crippen molar-refractivity contribution >= 4 is 10.8 Å². The molecule has 2 aromatic rings. The molecule has 3 nitrogen and oxygen atoms in total. The van der Waals surface area contributed by atoms with E-state index in [4.69, 9.17) is 9.47 Å². The SMILES string of the molecule is Cc1ccc(C[S@@](=O)Cc2cccc3c2OCCO3)cc1. The minimum Gasteiger partial charge on any atom is -0.486 e. The third-order valence-corrected chi connectivity index (χ3v) is 4.70. The highest BCUT2D eigenvalue weighted by molar-refractivity contribution is 7.83. The summed E-state index contributed by atoms with van der Waals surface area (Å²) < 4.78 is 23.6. The Kier molecular flexibility index (Phi) is 4.25. The largest absolute Gasteiger partial charge is 0.486 e. The maximum atomic E-state index is 12.4. The minimum atomic E-state index is -0.962. The van der Waals surface area contributed by atoms with E-state index in [9.17, 15) is 4.21 Å². The van der Waals surface area contributed by atoms with E-state index in [1.165, 1.54) is 5.56 Å². The second kappa shape index (κ2) is 6.31. The monoisotopic (exact) mass is 302 g/mol. The highest BCUT2D eigenvalue weighted by atomic mass is 32.2. The van der Waals surface area contributed by atoms with Gasteiger partial charge in [-0.1, -0.05) is 42.0 Å². The molecular formula is C17H18O3S. The molecule has 1 aliphatic rings. The molecule has 0 N–H and O–H groups in total. The van der Waals surface area contributed by atoms with Crippen molar-refractivity contribution in [3.63, 3.8) is 0 Å². The number of para-hydroxylation sites is 1. The van der Waals surface area contributed by atoms with Crippen LogP contribution in [0.5, 0.6) is 11.5 Å². The third kappa shape index (κ3) is 3.45. The standard InChI is InChI=1S/C17H18O3S/c1-13-5-7-14(8-6-13)11-21(18)12-15-3-2-4-16-17(15)20-10-9-19-16/h2-8H,9-12H2,1H3/t21-/m1/s1. The summed E-state index contributed by atoms with van der Waals surface area (Å²) in [6, 6.07) is 13.9. The van der Waals surface area contributed by atoms with Crippen LogP contribution in [0.1, 0.15) is 16.7 Å². The van der Waals surface area contributed by atoms with Crippen LogP contribution in [-0.2, 0) is 22.3 Å². The van der Waals surface area contributed by atoms with E-state index >= 15 is 0 Å². The predicted molar refractivity (Wildman–Crippen MR) is 84.2 cm³/mol. The third-order valence-electron chi connectivity index (χ3n) is 3.41. The Labute approximate surface area is 127 Å². The van der Waals surface area contributed by atoms with E-state index in [2.05, 4.69) is 0 Å². The topological polar surface area (TPSA) is 35.5 Å². The molecule has 0 unspecified atom stereocenters. The van der Waals surface area contributed by atoms with Crippen LogP contribution >= 0.6 is 0 Å². The molecule has 0 saturated heterocycles. The van der Waals surface area contributed by atoms with Gasteiger partial charge in [-0.25, -0.2) is 0 Å². The van der Waals surface area contributed by atoms with E-state index in [1.807, 2.05) is 49.4 Å². The number of aryl methyl sites for hydroxylation is 1. The van der Waals surface area contributed by atoms with Gasteiger partial charge in [0.1, 0.15) is 13.2 Å². The van der Waals surface area contributed by atoms with Gasteiger partial charge in [-0.15, -0.1) is 0 Å². The summed E-state index contributed by atoms with van der Waals surface area (Å²) in [5.74, 6) is 2.55. The molecule has 1 atom stereocenters. The van der Waals surface area contributed by atoms with Gasteiger partial charge < -0.3 is 9.47 Å². The molecule has 1 aliphatic heterocycles. The Morgan fingerprint density at radius 1 is 1.00 bits per heavy atom. The lowest BCUT2D eigenvalue weighted by atomic mass is 10.2. The molecule has 21 heavy (non-hydrogen) atoms. The van der Waals surface area contributed by atoms with Crippen LogP contribution in [0.2, 0.25) is 0 Å². The zero-order valence-electron chi connectivity index (χ0n) is 12.0. The first-order chi connectivity index (χ1) is 10.2. The molecule has 0 radical (unpaired) electrons. The number of hydrogen-bond acceptors (Lipinski definition) is 3. The van der Waals surface area contributed by atoms with E-state index < -0.39 is 10.8 Å². The van der Waals surface area contributed by atoms with Gasteiger partial charge in [-0.2, -0.15) is 0 Å². The van der Waals surface area contributed by atoms with Crippen molar-refractivity contribution in [3.8, 4) is 11.5 Å². The fraction of sp³-hybridized carbons (Fsp3) is 0.294. The van der Waals surface area contributed by atoms with Crippen LogP contribution in [0.3, 0.4) is 0 Å². The second-order valence-electron chi connectivity index (χ2n) is 5.16. The number of hydrogen-bond donors (Lipinski definition) is 0. The Balaban J connectivity index is 1.71. The molecule has 0 aliphatic carbocycles. The lowest BCUT2D eigenvalue weighted by molar-refractivity contribution is 0.170. The van der Waals surface area contributed by atoms with Gasteiger partial charge in [-0.05, 0) is 18.6 Å². The Morgan fingerprint density at radius 2 is 1.76 bits per heavy atom. The molecule has 3 rings (SSSR count). The lowest BCUT2D eigenvalue weighted by Gasteiger charge is -2.20. The number of ether oxygens (including phenoxy) is 2. The average molecular weight is 302 g/mol. The smallest absolute Gasteiger partial charge is 0.165 e. The predicted octanol–water partition coefficient (Wildman–Crippen LogP) is 3.22. The molecule has 0 amide bonds. The van der Waals surface area contributed by atoms with Crippen molar-refractivity contribution in [2.75, 3.05) is 13.2 Å². The Bertz CT molecular complexity index is 650. The van der Waals surface area contributed by atoms with Gasteiger partial charge in [0, 0.05) is 22.1 Å². The summed E-state index contributed by atoms with van der Waals surface area (Å²) in [5.41, 5.74) is 3.27. The van der Waals surface area contributed by atoms with Crippen molar-refractivity contribution in [1.82, 2.24) is 0 Å². The fourth-order valence-electron chi connectivity index (χ4n) is 2.34. The average Bonchev–Trinajstić information content (AvgIpc) is 2.50. The number of benzene rings is 2. The van der Waals surface area contributed by atoms with Crippen LogP contribution in [-0.4, -0.2) is 17.4 Å². The molecule has 4 heteroatoms. The summed E-state index contributed by atoms with van der Waals surface area (Å²) in [6.07, 6.45) is 0. The second-order valence-corrected chi connectivity index (χ2v) is 6.61. The summed E-state index contributed by atoms with van der Waals surface area (Å²) in [6.45, 7) is 3.17. The van der Waals surface area contributed by atoms with Gasteiger partial charge in [0.2, 0.25) is 0 Å². The van der Waals surface area contributed by atoms with Crippen molar-refractivity contribution in [3.05, 3.63) is 59.2 Å². The molecular weight excluding hydrogens is 284 g/mol. The number of rotatable bonds is 4. The first kappa shape index (κ1) is 14.1. The van der Waals surface area contributed by atoms with Crippen LogP contribution in [0.15, 0.2) is 42.5 Å². The zero-order valence-corrected chi connectivity index (χ0v) is 12.8. The van der Waals surface area contributed by atoms with Gasteiger partial charge in [0.25, 0.3) is 0 Å². The summed E-state index contributed by atoms with van der Waals surface area (Å²) in [5, 5.41) is 0. The summed E-state index contributed by atoms with van der Waals surface area (Å²) in [4.78, 5) is 0. The highest BCUT2D eigenvalue weighted by Crippen LogP contribution is 2.34. The van der Waals surface area contributed by atoms with Gasteiger partial charge in [-0.3, -0.25) is 4.21 Å². The van der Waals surface area contributed by atoms with Gasteiger partial charge in [0.15, 0.2) is 11.5 Å². The molecule has 0 spiro atoms. The molecule has 0 aromatic heterocycles. The fourth-order valence-corrected chi connectivity index (χ4v) is 3.58. The van der Waals surface area contributed by atoms with E-state index in [-0.39, 0.29) is 0 Å². The maximum Gasteiger partial charge on any atom is 0.165 e. The first-order valence-electron chi connectivity index (χ1n) is 7.00. The van der Waals surface area contributed by atoms with Crippen LogP contribution in [0, 0.1) is 6.92 Å². The first-order valence-corrected chi connectivity index (χ1v) is 8.49. The van der Waals surface area contributed by atoms with Crippen LogP contribution in [0.25, 0.3) is 0 Å². The van der Waals surface area contributed by atoms with E-state index in [0.717, 1.165) is 22.6 Å².